The van der Waals surface area contributed by atoms with Crippen molar-refractivity contribution < 1.29 is 79.0 Å². The predicted molar refractivity (Wildman–Crippen MR) is 148 cm³/mol. The summed E-state index contributed by atoms with van der Waals surface area (Å²) in [5.41, 5.74) is 4.12. The van der Waals surface area contributed by atoms with Crippen LogP contribution in [0.15, 0.2) is 47.5 Å². The van der Waals surface area contributed by atoms with Crippen LogP contribution in [-0.4, -0.2) is 61.1 Å². The summed E-state index contributed by atoms with van der Waals surface area (Å²) in [4.78, 5) is 39.3. The number of aromatic nitrogens is 3. The molecule has 1 aromatic heterocycles. The minimum atomic E-state index is -0.421. The topological polar surface area (TPSA) is 135 Å². The number of nitrogens with zero attached hydrogens (tertiary/aromatic N) is 4. The first-order chi connectivity index (χ1) is 19.1. The summed E-state index contributed by atoms with van der Waals surface area (Å²) in [6.07, 6.45) is 3.93. The molecule has 0 atom stereocenters. The van der Waals surface area contributed by atoms with Gasteiger partial charge in [0.1, 0.15) is 29.1 Å². The second-order valence-electron chi connectivity index (χ2n) is 10.7. The van der Waals surface area contributed by atoms with E-state index in [-0.39, 0.29) is 93.0 Å². The first-order valence-corrected chi connectivity index (χ1v) is 13.6. The summed E-state index contributed by atoms with van der Waals surface area (Å²) in [7, 11) is 0. The number of carbonyl (C=O) groups excluding carboxylic acids is 3. The number of aromatic hydroxyl groups is 1. The van der Waals surface area contributed by atoms with Crippen LogP contribution in [0.3, 0.4) is 0 Å². The molecule has 3 aromatic rings. The van der Waals surface area contributed by atoms with Crippen LogP contribution < -0.4 is 0 Å². The molecule has 2 amide bonds. The number of aryl methyl sites for hydroxylation is 1. The molecular weight excluding hydrogens is 801 g/mol. The number of phenolic OH excluding ortho intramolecular Hbond substituents is 1. The Labute approximate surface area is 281 Å². The van der Waals surface area contributed by atoms with Crippen LogP contribution in [0.1, 0.15) is 64.0 Å². The molecule has 2 heterocycles. The van der Waals surface area contributed by atoms with E-state index >= 15 is 0 Å². The van der Waals surface area contributed by atoms with Gasteiger partial charge in [-0.05, 0) is 76.6 Å². The SMILES string of the molecule is CCC(C)(C)C(=O)OCCO.Cc1cc(CN2C(=O)C3=C(CCCC3)C2=O)c(O)c(-n2nc3ccccc3n2)c1.[U].[V]. The molecule has 1 aliphatic heterocycles. The molecule has 2 aliphatic rings. The number of carbonyl (C=O) groups is 3. The van der Waals surface area contributed by atoms with Gasteiger partial charge in [0.15, 0.2) is 0 Å². The molecular formula is C30H36N4O6UV. The quantitative estimate of drug-likeness (QED) is 0.268. The molecule has 10 nitrogen and oxygen atoms in total. The Kier molecular flexibility index (Phi) is 13.1. The number of aliphatic hydroxyl groups is 1. The third-order valence-corrected chi connectivity index (χ3v) is 7.38. The minimum Gasteiger partial charge on any atom is -0.505 e. The molecule has 2 aromatic carbocycles. The third kappa shape index (κ3) is 7.75. The van der Waals surface area contributed by atoms with E-state index in [4.69, 9.17) is 9.84 Å². The van der Waals surface area contributed by atoms with Gasteiger partial charge in [-0.2, -0.15) is 0 Å². The van der Waals surface area contributed by atoms with E-state index in [0.29, 0.717) is 35.2 Å². The van der Waals surface area contributed by atoms with Crippen LogP contribution >= 0.6 is 0 Å². The molecule has 42 heavy (non-hydrogen) atoms. The van der Waals surface area contributed by atoms with E-state index in [1.54, 1.807) is 12.1 Å². The number of phenols is 1. The fourth-order valence-corrected chi connectivity index (χ4v) is 4.66. The Balaban J connectivity index is 0.000000410. The average molecular weight is 838 g/mol. The standard InChI is InChI=1S/C22H20N4O3.C8H16O3.U.V/c1-13-10-14(12-25-21(28)15-6-2-3-7-16(15)22(25)29)20(27)19(11-13)26-23-17-8-4-5-9-18(17)24-26;1-4-8(2,3)7(10)11-6-5-9;;/h4-5,8-11,27H,2-3,6-7,12H2,1H3;9H,4-6H2,1-3H3;;. The van der Waals surface area contributed by atoms with Crippen LogP contribution in [0.4, 0.5) is 0 Å². The summed E-state index contributed by atoms with van der Waals surface area (Å²) < 4.78 is 4.76. The summed E-state index contributed by atoms with van der Waals surface area (Å²) in [6, 6.07) is 11.0. The summed E-state index contributed by atoms with van der Waals surface area (Å²) >= 11 is 0. The van der Waals surface area contributed by atoms with Crippen LogP contribution in [0.5, 0.6) is 5.75 Å². The normalized spacial score (nSPS) is 14.5. The number of esters is 1. The number of benzene rings is 2. The van der Waals surface area contributed by atoms with Crippen molar-refractivity contribution >= 4 is 28.8 Å². The zero-order chi connectivity index (χ0) is 29.0. The number of amides is 2. The zero-order valence-corrected chi connectivity index (χ0v) is 29.9. The number of aliphatic hydroxyl groups excluding tert-OH is 1. The smallest absolute Gasteiger partial charge is 0.311 e. The van der Waals surface area contributed by atoms with Gasteiger partial charge in [-0.1, -0.05) is 25.1 Å². The van der Waals surface area contributed by atoms with E-state index in [9.17, 15) is 19.5 Å². The van der Waals surface area contributed by atoms with E-state index in [1.807, 2.05) is 52.0 Å². The Bertz CT molecular complexity index is 1420. The molecule has 2 N–H and O–H groups in total. The third-order valence-electron chi connectivity index (χ3n) is 7.38. The second kappa shape index (κ2) is 15.4. The molecule has 0 fully saturated rings. The number of fused-ring (bicyclic) bond motifs is 1. The van der Waals surface area contributed by atoms with Crippen LogP contribution in [-0.2, 0) is 44.2 Å². The molecule has 221 valence electrons. The Morgan fingerprint density at radius 1 is 1.02 bits per heavy atom. The molecule has 0 unspecified atom stereocenters. The fourth-order valence-electron chi connectivity index (χ4n) is 4.66. The maximum Gasteiger partial charge on any atom is 0.311 e. The summed E-state index contributed by atoms with van der Waals surface area (Å²) in [5.74, 6) is -0.722. The van der Waals surface area contributed by atoms with Gasteiger partial charge in [0.2, 0.25) is 0 Å². The zero-order valence-electron chi connectivity index (χ0n) is 24.4. The number of imide groups is 1. The first kappa shape index (κ1) is 35.8. The Morgan fingerprint density at radius 2 is 1.57 bits per heavy atom. The van der Waals surface area contributed by atoms with Gasteiger partial charge in [-0.3, -0.25) is 19.3 Å². The van der Waals surface area contributed by atoms with E-state index in [2.05, 4.69) is 10.2 Å². The van der Waals surface area contributed by atoms with Crippen molar-refractivity contribution in [3.8, 4) is 11.4 Å². The van der Waals surface area contributed by atoms with Gasteiger partial charge < -0.3 is 14.9 Å². The molecule has 1 aliphatic carbocycles. The minimum absolute atomic E-state index is 0. The van der Waals surface area contributed by atoms with Crippen molar-refractivity contribution in [3.63, 3.8) is 0 Å². The number of hydrogen-bond acceptors (Lipinski definition) is 8. The number of rotatable bonds is 7. The molecule has 5 rings (SSSR count). The predicted octanol–water partition coefficient (Wildman–Crippen LogP) is 4.13. The van der Waals surface area contributed by atoms with Crippen LogP contribution in [0, 0.1) is 43.5 Å². The molecule has 0 spiro atoms. The maximum atomic E-state index is 12.8. The van der Waals surface area contributed by atoms with Gasteiger partial charge >= 0.3 is 5.97 Å². The average Bonchev–Trinajstić information content (AvgIpc) is 3.49. The van der Waals surface area contributed by atoms with Gasteiger partial charge in [0, 0.05) is 66.4 Å². The maximum absolute atomic E-state index is 12.8. The van der Waals surface area contributed by atoms with E-state index < -0.39 is 5.41 Å². The molecule has 1 radical (unpaired) electrons. The van der Waals surface area contributed by atoms with Crippen LogP contribution in [0.2, 0.25) is 0 Å². The van der Waals surface area contributed by atoms with Crippen LogP contribution in [0.25, 0.3) is 16.7 Å². The van der Waals surface area contributed by atoms with Gasteiger partial charge in [0.25, 0.3) is 11.8 Å². The van der Waals surface area contributed by atoms with Crippen molar-refractivity contribution in [2.24, 2.45) is 5.41 Å². The van der Waals surface area contributed by atoms with E-state index in [0.717, 1.165) is 35.9 Å². The fraction of sp³-hybridized carbons (Fsp3) is 0.433. The molecule has 0 bridgehead atoms. The molecule has 0 saturated heterocycles. The van der Waals surface area contributed by atoms with Gasteiger partial charge in [-0.15, -0.1) is 15.0 Å². The summed E-state index contributed by atoms with van der Waals surface area (Å²) in [6.45, 7) is 7.51. The molecule has 0 saturated carbocycles. The van der Waals surface area contributed by atoms with Crippen molar-refractivity contribution in [1.29, 1.82) is 0 Å². The van der Waals surface area contributed by atoms with Crippen molar-refractivity contribution in [2.45, 2.75) is 66.3 Å². The van der Waals surface area contributed by atoms with Crippen molar-refractivity contribution in [3.05, 3.63) is 58.7 Å². The number of hydrogen-bond donors (Lipinski definition) is 2. The number of ether oxygens (including phenoxy) is 1. The van der Waals surface area contributed by atoms with Crippen molar-refractivity contribution in [1.82, 2.24) is 19.9 Å². The van der Waals surface area contributed by atoms with E-state index in [1.165, 1.54) is 9.70 Å². The van der Waals surface area contributed by atoms with Gasteiger partial charge in [-0.25, -0.2) is 0 Å². The van der Waals surface area contributed by atoms with Crippen molar-refractivity contribution in [2.75, 3.05) is 13.2 Å². The Morgan fingerprint density at radius 3 is 2.07 bits per heavy atom. The second-order valence-corrected chi connectivity index (χ2v) is 10.7. The van der Waals surface area contributed by atoms with Gasteiger partial charge in [0.05, 0.1) is 18.6 Å². The summed E-state index contributed by atoms with van der Waals surface area (Å²) in [5, 5.41) is 28.2. The monoisotopic (exact) mass is 837 g/mol. The Hall–Kier alpha value is -2.41. The molecule has 12 heteroatoms. The first-order valence-electron chi connectivity index (χ1n) is 13.6. The largest absolute Gasteiger partial charge is 0.505 e.